The van der Waals surface area contributed by atoms with Gasteiger partial charge in [-0.2, -0.15) is 0 Å². The zero-order valence-corrected chi connectivity index (χ0v) is 6.21. The van der Waals surface area contributed by atoms with E-state index in [1.54, 1.807) is 12.4 Å². The number of aromatic nitrogens is 2. The van der Waals surface area contributed by atoms with E-state index in [0.717, 1.165) is 18.7 Å². The molecule has 1 saturated carbocycles. The van der Waals surface area contributed by atoms with E-state index in [0.29, 0.717) is 18.1 Å². The number of aromatic amines is 1. The van der Waals surface area contributed by atoms with E-state index >= 15 is 0 Å². The van der Waals surface area contributed by atoms with E-state index in [1.807, 2.05) is 0 Å². The van der Waals surface area contributed by atoms with Crippen LogP contribution in [0.15, 0.2) is 12.4 Å². The lowest BCUT2D eigenvalue weighted by molar-refractivity contribution is -0.119. The molecule has 0 saturated heterocycles. The average molecular weight is 150 g/mol. The average Bonchev–Trinajstić information content (AvgIpc) is 2.73. The Hall–Kier alpha value is -1.12. The molecule has 1 fully saturated rings. The predicted octanol–water partition coefficient (Wildman–Crippen LogP) is 0.931. The molecule has 0 amide bonds. The van der Waals surface area contributed by atoms with Gasteiger partial charge in [-0.15, -0.1) is 0 Å². The Balaban J connectivity index is 1.94. The van der Waals surface area contributed by atoms with E-state index in [2.05, 4.69) is 9.97 Å². The number of hydrogen-bond donors (Lipinski definition) is 1. The fourth-order valence-corrected chi connectivity index (χ4v) is 1.11. The number of hydrogen-bond acceptors (Lipinski definition) is 2. The highest BCUT2D eigenvalue weighted by Gasteiger charge is 2.29. The van der Waals surface area contributed by atoms with Crippen LogP contribution in [-0.2, 0) is 11.2 Å². The monoisotopic (exact) mass is 150 g/mol. The van der Waals surface area contributed by atoms with Crippen LogP contribution >= 0.6 is 0 Å². The molecule has 1 N–H and O–H groups in total. The van der Waals surface area contributed by atoms with Crippen molar-refractivity contribution in [3.63, 3.8) is 0 Å². The number of H-pyrrole nitrogens is 1. The molecule has 11 heavy (non-hydrogen) atoms. The maximum Gasteiger partial charge on any atom is 0.143 e. The van der Waals surface area contributed by atoms with Crippen molar-refractivity contribution in [2.24, 2.45) is 5.92 Å². The third-order valence-corrected chi connectivity index (χ3v) is 1.93. The van der Waals surface area contributed by atoms with Gasteiger partial charge in [-0.25, -0.2) is 4.98 Å². The van der Waals surface area contributed by atoms with E-state index in [-0.39, 0.29) is 0 Å². The first-order chi connectivity index (χ1) is 5.36. The Morgan fingerprint density at radius 2 is 2.55 bits per heavy atom. The molecule has 0 aromatic carbocycles. The second-order valence-corrected chi connectivity index (χ2v) is 2.95. The maximum atomic E-state index is 11.2. The van der Waals surface area contributed by atoms with Gasteiger partial charge in [0.05, 0.1) is 6.42 Å². The van der Waals surface area contributed by atoms with Crippen LogP contribution < -0.4 is 0 Å². The lowest BCUT2D eigenvalue weighted by Gasteiger charge is -1.92. The van der Waals surface area contributed by atoms with Crippen molar-refractivity contribution in [1.82, 2.24) is 9.97 Å². The minimum atomic E-state index is 0.333. The van der Waals surface area contributed by atoms with Crippen LogP contribution in [0.25, 0.3) is 0 Å². The highest BCUT2D eigenvalue weighted by atomic mass is 16.1. The van der Waals surface area contributed by atoms with Crippen LogP contribution in [0.2, 0.25) is 0 Å². The van der Waals surface area contributed by atoms with Gasteiger partial charge in [0.1, 0.15) is 11.6 Å². The summed E-state index contributed by atoms with van der Waals surface area (Å²) in [7, 11) is 0. The fourth-order valence-electron chi connectivity index (χ4n) is 1.11. The summed E-state index contributed by atoms with van der Waals surface area (Å²) in [6.07, 6.45) is 6.07. The van der Waals surface area contributed by atoms with Crippen molar-refractivity contribution < 1.29 is 4.79 Å². The number of Topliss-reactive ketones (excluding diaryl/α,β-unsaturated/α-hetero) is 1. The molecule has 3 heteroatoms. The molecule has 0 bridgehead atoms. The number of carbonyl (C=O) groups excluding carboxylic acids is 1. The second kappa shape index (κ2) is 2.49. The summed E-state index contributed by atoms with van der Waals surface area (Å²) in [5.74, 6) is 1.47. The Labute approximate surface area is 64.8 Å². The fraction of sp³-hybridized carbons (Fsp3) is 0.500. The Kier molecular flexibility index (Phi) is 1.49. The molecule has 2 rings (SSSR count). The van der Waals surface area contributed by atoms with E-state index in [4.69, 9.17) is 0 Å². The van der Waals surface area contributed by atoms with Crippen molar-refractivity contribution >= 4 is 5.78 Å². The van der Waals surface area contributed by atoms with Crippen LogP contribution in [0.4, 0.5) is 0 Å². The molecule has 1 aliphatic rings. The van der Waals surface area contributed by atoms with Gasteiger partial charge in [-0.3, -0.25) is 4.79 Å². The Bertz CT molecular complexity index is 249. The SMILES string of the molecule is O=C(Cc1ncc[nH]1)C1CC1. The molecule has 1 heterocycles. The summed E-state index contributed by atoms with van der Waals surface area (Å²) in [4.78, 5) is 18.1. The largest absolute Gasteiger partial charge is 0.348 e. The number of rotatable bonds is 3. The van der Waals surface area contributed by atoms with E-state index < -0.39 is 0 Å². The summed E-state index contributed by atoms with van der Waals surface area (Å²) < 4.78 is 0. The lowest BCUT2D eigenvalue weighted by atomic mass is 10.2. The van der Waals surface area contributed by atoms with Gasteiger partial charge >= 0.3 is 0 Å². The first-order valence-corrected chi connectivity index (χ1v) is 3.87. The number of nitrogens with zero attached hydrogens (tertiary/aromatic N) is 1. The van der Waals surface area contributed by atoms with Gasteiger partial charge in [0, 0.05) is 18.3 Å². The van der Waals surface area contributed by atoms with Gasteiger partial charge in [-0.1, -0.05) is 0 Å². The topological polar surface area (TPSA) is 45.8 Å². The molecule has 1 aromatic rings. The minimum absolute atomic E-state index is 0.333. The first-order valence-electron chi connectivity index (χ1n) is 3.87. The maximum absolute atomic E-state index is 11.2. The van der Waals surface area contributed by atoms with Gasteiger partial charge in [0.15, 0.2) is 0 Å². The van der Waals surface area contributed by atoms with Crippen LogP contribution in [0, 0.1) is 5.92 Å². The molecule has 58 valence electrons. The van der Waals surface area contributed by atoms with Gasteiger partial charge < -0.3 is 4.98 Å². The normalized spacial score (nSPS) is 16.7. The van der Waals surface area contributed by atoms with Gasteiger partial charge in [-0.05, 0) is 12.8 Å². The first kappa shape index (κ1) is 6.58. The third kappa shape index (κ3) is 1.48. The minimum Gasteiger partial charge on any atom is -0.348 e. The standard InChI is InChI=1S/C8H10N2O/c11-7(6-1-2-6)5-8-9-3-4-10-8/h3-4,6H,1-2,5H2,(H,9,10). The zero-order chi connectivity index (χ0) is 7.68. The molecule has 0 atom stereocenters. The summed E-state index contributed by atoms with van der Waals surface area (Å²) >= 11 is 0. The highest BCUT2D eigenvalue weighted by Crippen LogP contribution is 2.30. The Morgan fingerprint density at radius 3 is 3.09 bits per heavy atom. The lowest BCUT2D eigenvalue weighted by Crippen LogP contribution is -2.05. The number of nitrogens with one attached hydrogen (secondary N) is 1. The quantitative estimate of drug-likeness (QED) is 0.696. The summed E-state index contributed by atoms with van der Waals surface area (Å²) in [6.45, 7) is 0. The smallest absolute Gasteiger partial charge is 0.143 e. The number of carbonyl (C=O) groups is 1. The molecule has 3 nitrogen and oxygen atoms in total. The molecule has 1 aliphatic carbocycles. The predicted molar refractivity (Wildman–Crippen MR) is 40.0 cm³/mol. The summed E-state index contributed by atoms with van der Waals surface area (Å²) in [5, 5.41) is 0. The van der Waals surface area contributed by atoms with Crippen LogP contribution in [0.5, 0.6) is 0 Å². The van der Waals surface area contributed by atoms with Gasteiger partial charge in [0.25, 0.3) is 0 Å². The van der Waals surface area contributed by atoms with Crippen LogP contribution in [0.1, 0.15) is 18.7 Å². The Morgan fingerprint density at radius 1 is 1.73 bits per heavy atom. The molecule has 1 aromatic heterocycles. The molecular formula is C8H10N2O. The number of imidazole rings is 1. The van der Waals surface area contributed by atoms with Crippen molar-refractivity contribution in [2.45, 2.75) is 19.3 Å². The molecule has 0 unspecified atom stereocenters. The summed E-state index contributed by atoms with van der Waals surface area (Å²) in [6, 6.07) is 0. The zero-order valence-electron chi connectivity index (χ0n) is 6.21. The van der Waals surface area contributed by atoms with Crippen molar-refractivity contribution in [3.05, 3.63) is 18.2 Å². The highest BCUT2D eigenvalue weighted by molar-refractivity contribution is 5.84. The van der Waals surface area contributed by atoms with Crippen molar-refractivity contribution in [3.8, 4) is 0 Å². The van der Waals surface area contributed by atoms with E-state index in [1.165, 1.54) is 0 Å². The molecular weight excluding hydrogens is 140 g/mol. The molecule has 0 radical (unpaired) electrons. The number of ketones is 1. The van der Waals surface area contributed by atoms with Crippen molar-refractivity contribution in [1.29, 1.82) is 0 Å². The molecule has 0 aliphatic heterocycles. The third-order valence-electron chi connectivity index (χ3n) is 1.93. The second-order valence-electron chi connectivity index (χ2n) is 2.95. The van der Waals surface area contributed by atoms with Gasteiger partial charge in [0.2, 0.25) is 0 Å². The summed E-state index contributed by atoms with van der Waals surface area (Å²) in [5.41, 5.74) is 0. The van der Waals surface area contributed by atoms with E-state index in [9.17, 15) is 4.79 Å². The van der Waals surface area contributed by atoms with Crippen molar-refractivity contribution in [2.75, 3.05) is 0 Å². The van der Waals surface area contributed by atoms with Crippen LogP contribution in [-0.4, -0.2) is 15.8 Å². The molecule has 0 spiro atoms. The van der Waals surface area contributed by atoms with Crippen LogP contribution in [0.3, 0.4) is 0 Å².